The van der Waals surface area contributed by atoms with Gasteiger partial charge >= 0.3 is 0 Å². The molecule has 1 aliphatic heterocycles. The molecule has 1 aromatic rings. The van der Waals surface area contributed by atoms with Gasteiger partial charge in [0.15, 0.2) is 0 Å². The maximum atomic E-state index is 12.4. The fourth-order valence-electron chi connectivity index (χ4n) is 2.68. The summed E-state index contributed by atoms with van der Waals surface area (Å²) in [5.41, 5.74) is 0.454. The molecule has 0 saturated carbocycles. The smallest absolute Gasteiger partial charge is 0.272 e. The van der Waals surface area contributed by atoms with Crippen molar-refractivity contribution in [3.63, 3.8) is 0 Å². The SMILES string of the molecule is CC(C)C1CCCN(C(=O)c2cccc(Cl)n2)CC1. The first-order valence-corrected chi connectivity index (χ1v) is 7.37. The van der Waals surface area contributed by atoms with Crippen molar-refractivity contribution in [1.82, 2.24) is 9.88 Å². The van der Waals surface area contributed by atoms with Crippen LogP contribution in [0.1, 0.15) is 43.6 Å². The van der Waals surface area contributed by atoms with Gasteiger partial charge in [-0.05, 0) is 43.2 Å². The highest BCUT2D eigenvalue weighted by Crippen LogP contribution is 2.25. The number of hydrogen-bond acceptors (Lipinski definition) is 2. The van der Waals surface area contributed by atoms with E-state index in [1.165, 1.54) is 6.42 Å². The summed E-state index contributed by atoms with van der Waals surface area (Å²) in [4.78, 5) is 18.4. The van der Waals surface area contributed by atoms with E-state index < -0.39 is 0 Å². The van der Waals surface area contributed by atoms with Crippen LogP contribution in [-0.2, 0) is 0 Å². The van der Waals surface area contributed by atoms with E-state index in [0.717, 1.165) is 31.8 Å². The van der Waals surface area contributed by atoms with Gasteiger partial charge in [-0.1, -0.05) is 31.5 Å². The predicted octanol–water partition coefficient (Wildman–Crippen LogP) is 3.63. The summed E-state index contributed by atoms with van der Waals surface area (Å²) in [6.07, 6.45) is 3.38. The Kier molecular flexibility index (Phi) is 4.81. The molecule has 0 radical (unpaired) electrons. The van der Waals surface area contributed by atoms with Gasteiger partial charge in [0.25, 0.3) is 5.91 Å². The minimum Gasteiger partial charge on any atom is -0.337 e. The molecule has 0 aliphatic carbocycles. The Morgan fingerprint density at radius 3 is 2.84 bits per heavy atom. The molecule has 19 heavy (non-hydrogen) atoms. The van der Waals surface area contributed by atoms with E-state index in [4.69, 9.17) is 11.6 Å². The highest BCUT2D eigenvalue weighted by Gasteiger charge is 2.23. The molecule has 104 valence electrons. The zero-order valence-corrected chi connectivity index (χ0v) is 12.4. The highest BCUT2D eigenvalue weighted by molar-refractivity contribution is 6.29. The molecular weight excluding hydrogens is 260 g/mol. The molecule has 0 bridgehead atoms. The molecule has 2 heterocycles. The van der Waals surface area contributed by atoms with Gasteiger partial charge < -0.3 is 4.90 Å². The van der Waals surface area contributed by atoms with Crippen molar-refractivity contribution in [1.29, 1.82) is 0 Å². The van der Waals surface area contributed by atoms with E-state index in [2.05, 4.69) is 18.8 Å². The zero-order chi connectivity index (χ0) is 13.8. The van der Waals surface area contributed by atoms with Crippen LogP contribution in [0, 0.1) is 11.8 Å². The molecule has 0 aromatic carbocycles. The number of pyridine rings is 1. The molecule has 0 N–H and O–H groups in total. The summed E-state index contributed by atoms with van der Waals surface area (Å²) < 4.78 is 0. The third-order valence-electron chi connectivity index (χ3n) is 3.94. The van der Waals surface area contributed by atoms with Crippen molar-refractivity contribution in [2.45, 2.75) is 33.1 Å². The molecule has 1 aromatic heterocycles. The minimum atomic E-state index is 0.00639. The second kappa shape index (κ2) is 6.38. The number of hydrogen-bond donors (Lipinski definition) is 0. The summed E-state index contributed by atoms with van der Waals surface area (Å²) in [5, 5.41) is 0.376. The number of rotatable bonds is 2. The number of halogens is 1. The number of aromatic nitrogens is 1. The average molecular weight is 281 g/mol. The molecule has 1 aliphatic rings. The fourth-order valence-corrected chi connectivity index (χ4v) is 2.85. The van der Waals surface area contributed by atoms with Crippen LogP contribution < -0.4 is 0 Å². The van der Waals surface area contributed by atoms with Crippen molar-refractivity contribution >= 4 is 17.5 Å². The lowest BCUT2D eigenvalue weighted by Crippen LogP contribution is -2.32. The van der Waals surface area contributed by atoms with Crippen LogP contribution in [0.5, 0.6) is 0 Å². The summed E-state index contributed by atoms with van der Waals surface area (Å²) >= 11 is 5.84. The number of nitrogens with zero attached hydrogens (tertiary/aromatic N) is 2. The highest BCUT2D eigenvalue weighted by atomic mass is 35.5. The first-order valence-electron chi connectivity index (χ1n) is 6.99. The average Bonchev–Trinajstić information content (AvgIpc) is 2.63. The number of carbonyl (C=O) groups is 1. The molecule has 3 nitrogen and oxygen atoms in total. The number of carbonyl (C=O) groups excluding carboxylic acids is 1. The van der Waals surface area contributed by atoms with Crippen LogP contribution in [-0.4, -0.2) is 28.9 Å². The Hall–Kier alpha value is -1.09. The van der Waals surface area contributed by atoms with E-state index in [1.54, 1.807) is 18.2 Å². The Balaban J connectivity index is 2.04. The van der Waals surface area contributed by atoms with Crippen LogP contribution in [0.15, 0.2) is 18.2 Å². The standard InChI is InChI=1S/C15H21ClN2O/c1-11(2)12-5-4-9-18(10-8-12)15(19)13-6-3-7-14(16)17-13/h3,6-7,11-12H,4-5,8-10H2,1-2H3. The van der Waals surface area contributed by atoms with Crippen LogP contribution in [0.2, 0.25) is 5.15 Å². The maximum absolute atomic E-state index is 12.4. The van der Waals surface area contributed by atoms with Gasteiger partial charge in [0.1, 0.15) is 10.8 Å². The lowest BCUT2D eigenvalue weighted by Gasteiger charge is -2.21. The molecule has 2 rings (SSSR count). The van der Waals surface area contributed by atoms with E-state index in [9.17, 15) is 4.79 Å². The van der Waals surface area contributed by atoms with Gasteiger partial charge in [-0.15, -0.1) is 0 Å². The summed E-state index contributed by atoms with van der Waals surface area (Å²) in [6, 6.07) is 5.20. The van der Waals surface area contributed by atoms with Gasteiger partial charge in [-0.25, -0.2) is 4.98 Å². The second-order valence-corrected chi connectivity index (χ2v) is 5.96. The first kappa shape index (κ1) is 14.3. The Bertz CT molecular complexity index is 448. The number of likely N-dealkylation sites (tertiary alicyclic amines) is 1. The largest absolute Gasteiger partial charge is 0.337 e. The van der Waals surface area contributed by atoms with Crippen molar-refractivity contribution in [2.75, 3.05) is 13.1 Å². The maximum Gasteiger partial charge on any atom is 0.272 e. The minimum absolute atomic E-state index is 0.00639. The Labute approximate surface area is 120 Å². The monoisotopic (exact) mass is 280 g/mol. The second-order valence-electron chi connectivity index (χ2n) is 5.57. The normalized spacial score (nSPS) is 20.4. The lowest BCUT2D eigenvalue weighted by molar-refractivity contribution is 0.0753. The summed E-state index contributed by atoms with van der Waals surface area (Å²) in [5.74, 6) is 1.43. The van der Waals surface area contributed by atoms with Crippen molar-refractivity contribution in [3.05, 3.63) is 29.0 Å². The Morgan fingerprint density at radius 2 is 2.16 bits per heavy atom. The third-order valence-corrected chi connectivity index (χ3v) is 4.15. The molecular formula is C15H21ClN2O. The zero-order valence-electron chi connectivity index (χ0n) is 11.6. The van der Waals surface area contributed by atoms with E-state index in [1.807, 2.05) is 4.90 Å². The first-order chi connectivity index (χ1) is 9.08. The molecule has 1 fully saturated rings. The van der Waals surface area contributed by atoms with Crippen LogP contribution in [0.25, 0.3) is 0 Å². The summed E-state index contributed by atoms with van der Waals surface area (Å²) in [6.45, 7) is 6.19. The van der Waals surface area contributed by atoms with Gasteiger partial charge in [0.05, 0.1) is 0 Å². The molecule has 1 amide bonds. The van der Waals surface area contributed by atoms with Gasteiger partial charge in [0.2, 0.25) is 0 Å². The van der Waals surface area contributed by atoms with Crippen LogP contribution >= 0.6 is 11.6 Å². The lowest BCUT2D eigenvalue weighted by atomic mass is 9.89. The van der Waals surface area contributed by atoms with E-state index in [0.29, 0.717) is 16.8 Å². The van der Waals surface area contributed by atoms with Crippen molar-refractivity contribution in [2.24, 2.45) is 11.8 Å². The van der Waals surface area contributed by atoms with Gasteiger partial charge in [0, 0.05) is 13.1 Å². The van der Waals surface area contributed by atoms with Crippen molar-refractivity contribution in [3.8, 4) is 0 Å². The van der Waals surface area contributed by atoms with Crippen LogP contribution in [0.4, 0.5) is 0 Å². The van der Waals surface area contributed by atoms with Crippen LogP contribution in [0.3, 0.4) is 0 Å². The quantitative estimate of drug-likeness (QED) is 0.775. The summed E-state index contributed by atoms with van der Waals surface area (Å²) in [7, 11) is 0. The van der Waals surface area contributed by atoms with E-state index >= 15 is 0 Å². The predicted molar refractivity (Wildman–Crippen MR) is 77.3 cm³/mol. The number of amides is 1. The third kappa shape index (κ3) is 3.69. The van der Waals surface area contributed by atoms with Gasteiger partial charge in [-0.3, -0.25) is 4.79 Å². The topological polar surface area (TPSA) is 33.2 Å². The van der Waals surface area contributed by atoms with Crippen molar-refractivity contribution < 1.29 is 4.79 Å². The molecule has 1 atom stereocenters. The molecule has 0 spiro atoms. The molecule has 1 unspecified atom stereocenters. The van der Waals surface area contributed by atoms with Gasteiger partial charge in [-0.2, -0.15) is 0 Å². The fraction of sp³-hybridized carbons (Fsp3) is 0.600. The van der Waals surface area contributed by atoms with E-state index in [-0.39, 0.29) is 5.91 Å². The molecule has 4 heteroatoms. The Morgan fingerprint density at radius 1 is 1.37 bits per heavy atom. The molecule has 1 saturated heterocycles.